The molecule has 112 valence electrons. The van der Waals surface area contributed by atoms with Crippen molar-refractivity contribution in [3.05, 3.63) is 77.0 Å². The molecule has 0 amide bonds. The van der Waals surface area contributed by atoms with Crippen molar-refractivity contribution in [1.82, 2.24) is 4.57 Å². The fourth-order valence-electron chi connectivity index (χ4n) is 3.72. The summed E-state index contributed by atoms with van der Waals surface area (Å²) in [5.41, 5.74) is 9.37. The van der Waals surface area contributed by atoms with Crippen molar-refractivity contribution >= 4 is 16.5 Å². The van der Waals surface area contributed by atoms with E-state index in [1.165, 1.54) is 44.4 Å². The van der Waals surface area contributed by atoms with Gasteiger partial charge in [0.15, 0.2) is 0 Å². The fourth-order valence-corrected chi connectivity index (χ4v) is 3.72. The maximum Gasteiger partial charge on any atom is 0.0482 e. The smallest absolute Gasteiger partial charge is 0.0482 e. The number of rotatable bonds is 1. The monoisotopic (exact) mass is 289 g/mol. The molecular formula is C21H23N. The first-order chi connectivity index (χ1) is 10.5. The topological polar surface area (TPSA) is 4.93 Å². The average molecular weight is 289 g/mol. The van der Waals surface area contributed by atoms with E-state index in [9.17, 15) is 0 Å². The number of aryl methyl sites for hydroxylation is 3. The highest BCUT2D eigenvalue weighted by atomic mass is 14.9. The van der Waals surface area contributed by atoms with Crippen molar-refractivity contribution in [2.45, 2.75) is 26.2 Å². The van der Waals surface area contributed by atoms with Crippen molar-refractivity contribution in [2.75, 3.05) is 0 Å². The third-order valence-corrected chi connectivity index (χ3v) is 5.17. The number of aromatic nitrogens is 1. The Hall–Kier alpha value is -2.28. The highest BCUT2D eigenvalue weighted by Gasteiger charge is 2.27. The summed E-state index contributed by atoms with van der Waals surface area (Å²) < 4.78 is 2.27. The van der Waals surface area contributed by atoms with E-state index >= 15 is 0 Å². The second kappa shape index (κ2) is 4.61. The summed E-state index contributed by atoms with van der Waals surface area (Å²) in [7, 11) is 2.14. The first-order valence-corrected chi connectivity index (χ1v) is 7.89. The summed E-state index contributed by atoms with van der Waals surface area (Å²) >= 11 is 0. The number of benzene rings is 2. The predicted molar refractivity (Wildman–Crippen MR) is 96.4 cm³/mol. The van der Waals surface area contributed by atoms with Gasteiger partial charge in [-0.3, -0.25) is 0 Å². The molecule has 1 heterocycles. The molecule has 0 radical (unpaired) electrons. The first kappa shape index (κ1) is 13.4. The second-order valence-electron chi connectivity index (χ2n) is 6.61. The van der Waals surface area contributed by atoms with Crippen molar-refractivity contribution in [3.63, 3.8) is 0 Å². The molecular weight excluding hydrogens is 266 g/mol. The van der Waals surface area contributed by atoms with E-state index < -0.39 is 0 Å². The molecule has 1 aromatic heterocycles. The Balaban J connectivity index is 0.00000156. The molecule has 1 heteroatoms. The zero-order chi connectivity index (χ0) is 15.4. The molecule has 0 saturated heterocycles. The van der Waals surface area contributed by atoms with Gasteiger partial charge >= 0.3 is 0 Å². The molecule has 1 aliphatic carbocycles. The van der Waals surface area contributed by atoms with Gasteiger partial charge in [-0.2, -0.15) is 0 Å². The third kappa shape index (κ3) is 1.85. The molecule has 1 nitrogen and oxygen atoms in total. The van der Waals surface area contributed by atoms with E-state index in [2.05, 4.69) is 74.5 Å². The molecule has 2 aromatic carbocycles. The first-order valence-electron chi connectivity index (χ1n) is 7.89. The van der Waals surface area contributed by atoms with Gasteiger partial charge in [0, 0.05) is 25.6 Å². The summed E-state index contributed by atoms with van der Waals surface area (Å²) in [6.45, 7) is 8.71. The number of hydrogen-bond donors (Lipinski definition) is 0. The van der Waals surface area contributed by atoms with Crippen LogP contribution < -0.4 is 0 Å². The third-order valence-electron chi connectivity index (χ3n) is 5.17. The lowest BCUT2D eigenvalue weighted by Crippen LogP contribution is -1.97. The van der Waals surface area contributed by atoms with Gasteiger partial charge in [0.25, 0.3) is 0 Å². The molecule has 0 saturated carbocycles. The van der Waals surface area contributed by atoms with Crippen LogP contribution in [0.2, 0.25) is 0 Å². The second-order valence-corrected chi connectivity index (χ2v) is 6.61. The van der Waals surface area contributed by atoms with Crippen LogP contribution in [0.1, 0.15) is 35.3 Å². The van der Waals surface area contributed by atoms with Gasteiger partial charge < -0.3 is 4.57 Å². The molecule has 0 bridgehead atoms. The molecule has 1 aliphatic rings. The summed E-state index contributed by atoms with van der Waals surface area (Å²) in [6.07, 6.45) is 1.07. The van der Waals surface area contributed by atoms with Crippen LogP contribution in [0.25, 0.3) is 16.5 Å². The largest absolute Gasteiger partial charge is 0.348 e. The lowest BCUT2D eigenvalue weighted by molar-refractivity contribution is 0.891. The van der Waals surface area contributed by atoms with Gasteiger partial charge in [-0.15, -0.1) is 0 Å². The van der Waals surface area contributed by atoms with Gasteiger partial charge in [-0.1, -0.05) is 42.5 Å². The minimum absolute atomic E-state index is 0. The van der Waals surface area contributed by atoms with E-state index in [-0.39, 0.29) is 1.43 Å². The van der Waals surface area contributed by atoms with E-state index in [1.807, 2.05) is 0 Å². The normalized spacial score (nSPS) is 17.2. The van der Waals surface area contributed by atoms with Crippen molar-refractivity contribution < 1.29 is 1.43 Å². The molecule has 0 aliphatic heterocycles. The van der Waals surface area contributed by atoms with E-state index in [1.54, 1.807) is 0 Å². The zero-order valence-corrected chi connectivity index (χ0v) is 13.5. The molecule has 0 fully saturated rings. The Labute approximate surface area is 133 Å². The lowest BCUT2D eigenvalue weighted by atomic mass is 9.92. The van der Waals surface area contributed by atoms with E-state index in [4.69, 9.17) is 0 Å². The highest BCUT2D eigenvalue weighted by Crippen LogP contribution is 2.43. The summed E-state index contributed by atoms with van der Waals surface area (Å²) in [5.74, 6) is 0.413. The Morgan fingerprint density at radius 3 is 2.73 bits per heavy atom. The van der Waals surface area contributed by atoms with Crippen LogP contribution in [-0.4, -0.2) is 4.57 Å². The van der Waals surface area contributed by atoms with E-state index in [0.29, 0.717) is 5.92 Å². The molecule has 0 spiro atoms. The summed E-state index contributed by atoms with van der Waals surface area (Å²) in [5, 5.41) is 1.32. The standard InChI is InChI=1S/C21H21N.H2/c1-13-5-6-16-11-20(15(3)19(16)9-13)17-7-8-18-10-14(2)22(4)21(18)12-17;/h5-10,12,20H,3,11H2,1-2,4H3;1H. The summed E-state index contributed by atoms with van der Waals surface area (Å²) in [6, 6.07) is 15.9. The lowest BCUT2D eigenvalue weighted by Gasteiger charge is -2.13. The van der Waals surface area contributed by atoms with Gasteiger partial charge in [0.2, 0.25) is 0 Å². The van der Waals surface area contributed by atoms with Crippen LogP contribution in [-0.2, 0) is 13.5 Å². The Morgan fingerprint density at radius 1 is 1.09 bits per heavy atom. The maximum absolute atomic E-state index is 4.40. The number of allylic oxidation sites excluding steroid dienone is 1. The number of hydrogen-bond acceptors (Lipinski definition) is 0. The SMILES string of the molecule is C=C1c2cc(C)ccc2CC1c1ccc2cc(C)n(C)c2c1.[HH]. The maximum atomic E-state index is 4.40. The number of nitrogens with zero attached hydrogens (tertiary/aromatic N) is 1. The van der Waals surface area contributed by atoms with Crippen LogP contribution in [0, 0.1) is 13.8 Å². The van der Waals surface area contributed by atoms with Gasteiger partial charge in [0.1, 0.15) is 0 Å². The van der Waals surface area contributed by atoms with Crippen LogP contribution >= 0.6 is 0 Å². The predicted octanol–water partition coefficient (Wildman–Crippen LogP) is 5.39. The molecule has 22 heavy (non-hydrogen) atoms. The Kier molecular flexibility index (Phi) is 2.80. The van der Waals surface area contributed by atoms with Crippen LogP contribution in [0.15, 0.2) is 49.0 Å². The van der Waals surface area contributed by atoms with Crippen molar-refractivity contribution in [2.24, 2.45) is 7.05 Å². The molecule has 1 unspecified atom stereocenters. The van der Waals surface area contributed by atoms with Gasteiger partial charge in [-0.05, 0) is 60.1 Å². The van der Waals surface area contributed by atoms with Crippen molar-refractivity contribution in [1.29, 1.82) is 0 Å². The number of fused-ring (bicyclic) bond motifs is 2. The molecule has 3 aromatic rings. The average Bonchev–Trinajstić information content (AvgIpc) is 2.98. The molecule has 4 rings (SSSR count). The zero-order valence-electron chi connectivity index (χ0n) is 13.5. The quantitative estimate of drug-likeness (QED) is 0.565. The Morgan fingerprint density at radius 2 is 1.91 bits per heavy atom. The molecule has 1 atom stereocenters. The molecule has 0 N–H and O–H groups in total. The summed E-state index contributed by atoms with van der Waals surface area (Å²) in [4.78, 5) is 0. The van der Waals surface area contributed by atoms with Gasteiger partial charge in [-0.25, -0.2) is 0 Å². The van der Waals surface area contributed by atoms with Gasteiger partial charge in [0.05, 0.1) is 0 Å². The van der Waals surface area contributed by atoms with Crippen molar-refractivity contribution in [3.8, 4) is 0 Å². The van der Waals surface area contributed by atoms with E-state index in [0.717, 1.165) is 6.42 Å². The minimum atomic E-state index is 0. The van der Waals surface area contributed by atoms with Crippen LogP contribution in [0.3, 0.4) is 0 Å². The highest BCUT2D eigenvalue weighted by molar-refractivity contribution is 5.84. The fraction of sp³-hybridized carbons (Fsp3) is 0.238. The van der Waals surface area contributed by atoms with Crippen LogP contribution in [0.4, 0.5) is 0 Å². The minimum Gasteiger partial charge on any atom is -0.348 e. The Bertz CT molecular complexity index is 917. The van der Waals surface area contributed by atoms with Crippen LogP contribution in [0.5, 0.6) is 0 Å².